The number of aromatic nitrogens is 1. The smallest absolute Gasteiger partial charge is 0.232 e. The minimum Gasteiger partial charge on any atom is -0.232 e. The summed E-state index contributed by atoms with van der Waals surface area (Å²) in [6, 6.07) is 0. The molecule has 1 rings (SSSR count). The lowest BCUT2D eigenvalue weighted by molar-refractivity contribution is 0.537. The van der Waals surface area contributed by atoms with Gasteiger partial charge in [0.15, 0.2) is 18.5 Å². The molecule has 0 spiro atoms. The second-order valence-electron chi connectivity index (χ2n) is 4.29. The highest BCUT2D eigenvalue weighted by atomic mass is 35.5. The Morgan fingerprint density at radius 2 is 1.94 bits per heavy atom. The molecule has 0 amide bonds. The van der Waals surface area contributed by atoms with Crippen LogP contribution in [0.25, 0.3) is 0 Å². The minimum absolute atomic E-state index is 0.0446. The highest BCUT2D eigenvalue weighted by molar-refractivity contribution is 7.92. The van der Waals surface area contributed by atoms with Gasteiger partial charge in [0.2, 0.25) is 0 Å². The van der Waals surface area contributed by atoms with Crippen LogP contribution in [0.15, 0.2) is 10.4 Å². The molecule has 18 heavy (non-hydrogen) atoms. The fourth-order valence-electron chi connectivity index (χ4n) is 0.834. The Morgan fingerprint density at radius 1 is 1.39 bits per heavy atom. The van der Waals surface area contributed by atoms with Crippen LogP contribution >= 0.6 is 22.9 Å². The van der Waals surface area contributed by atoms with Gasteiger partial charge in [0.1, 0.15) is 0 Å². The molecule has 0 bridgehead atoms. The van der Waals surface area contributed by atoms with E-state index in [1.807, 2.05) is 0 Å². The SMILES string of the molecule is CC(C)(CNS(=O)(=O)c1cnc(Cl)s1)S(C)(=O)=O. The van der Waals surface area contributed by atoms with Crippen LogP contribution in [-0.2, 0) is 19.9 Å². The molecule has 0 atom stereocenters. The first-order valence-corrected chi connectivity index (χ1v) is 9.33. The third-order valence-electron chi connectivity index (χ3n) is 2.41. The molecule has 0 aliphatic heterocycles. The predicted octanol–water partition coefficient (Wildman–Crippen LogP) is 0.898. The van der Waals surface area contributed by atoms with Crippen LogP contribution in [0.4, 0.5) is 0 Å². The van der Waals surface area contributed by atoms with Crippen LogP contribution in [0, 0.1) is 0 Å². The van der Waals surface area contributed by atoms with Gasteiger partial charge in [0, 0.05) is 12.8 Å². The number of halogens is 1. The van der Waals surface area contributed by atoms with E-state index in [4.69, 9.17) is 11.6 Å². The van der Waals surface area contributed by atoms with E-state index in [9.17, 15) is 16.8 Å². The molecule has 0 unspecified atom stereocenters. The zero-order valence-electron chi connectivity index (χ0n) is 9.97. The molecule has 0 saturated carbocycles. The highest BCUT2D eigenvalue weighted by Crippen LogP contribution is 2.23. The van der Waals surface area contributed by atoms with Crippen LogP contribution in [0.5, 0.6) is 0 Å². The third-order valence-corrected chi connectivity index (χ3v) is 7.54. The summed E-state index contributed by atoms with van der Waals surface area (Å²) < 4.78 is 47.7. The fourth-order valence-corrected chi connectivity index (χ4v) is 3.81. The second kappa shape index (κ2) is 5.04. The first-order chi connectivity index (χ1) is 7.96. The summed E-state index contributed by atoms with van der Waals surface area (Å²) in [5.74, 6) is 0. The van der Waals surface area contributed by atoms with Gasteiger partial charge in [0.25, 0.3) is 10.0 Å². The Balaban J connectivity index is 2.87. The molecule has 0 aliphatic carbocycles. The van der Waals surface area contributed by atoms with Crippen molar-refractivity contribution in [3.05, 3.63) is 10.7 Å². The number of nitrogens with zero attached hydrogens (tertiary/aromatic N) is 1. The van der Waals surface area contributed by atoms with Crippen LogP contribution in [-0.4, -0.2) is 39.4 Å². The maximum Gasteiger partial charge on any atom is 0.251 e. The molecule has 104 valence electrons. The van der Waals surface area contributed by atoms with E-state index in [1.165, 1.54) is 13.8 Å². The molecule has 10 heteroatoms. The van der Waals surface area contributed by atoms with Gasteiger partial charge >= 0.3 is 0 Å². The summed E-state index contributed by atoms with van der Waals surface area (Å²) in [7, 11) is -7.14. The summed E-state index contributed by atoms with van der Waals surface area (Å²) in [6.45, 7) is 2.68. The molecule has 1 aromatic heterocycles. The number of hydrogen-bond acceptors (Lipinski definition) is 6. The number of rotatable bonds is 5. The zero-order valence-corrected chi connectivity index (χ0v) is 13.2. The summed E-state index contributed by atoms with van der Waals surface area (Å²) in [5.41, 5.74) is 0. The largest absolute Gasteiger partial charge is 0.251 e. The Kier molecular flexibility index (Phi) is 4.44. The van der Waals surface area contributed by atoms with Crippen LogP contribution in [0.1, 0.15) is 13.8 Å². The lowest BCUT2D eigenvalue weighted by atomic mass is 10.2. The Labute approximate surface area is 115 Å². The van der Waals surface area contributed by atoms with Crippen molar-refractivity contribution < 1.29 is 16.8 Å². The van der Waals surface area contributed by atoms with E-state index in [2.05, 4.69) is 9.71 Å². The Morgan fingerprint density at radius 3 is 2.33 bits per heavy atom. The van der Waals surface area contributed by atoms with Crippen LogP contribution in [0.3, 0.4) is 0 Å². The first-order valence-electron chi connectivity index (χ1n) is 4.76. The highest BCUT2D eigenvalue weighted by Gasteiger charge is 2.32. The maximum atomic E-state index is 11.8. The summed E-state index contributed by atoms with van der Waals surface area (Å²) in [6.07, 6.45) is 2.19. The van der Waals surface area contributed by atoms with Crippen molar-refractivity contribution in [2.45, 2.75) is 22.8 Å². The maximum absolute atomic E-state index is 11.8. The lowest BCUT2D eigenvalue weighted by Gasteiger charge is -2.22. The van der Waals surface area contributed by atoms with Crippen LogP contribution in [0.2, 0.25) is 4.47 Å². The molecule has 0 saturated heterocycles. The van der Waals surface area contributed by atoms with E-state index >= 15 is 0 Å². The van der Waals surface area contributed by atoms with Crippen LogP contribution < -0.4 is 4.72 Å². The van der Waals surface area contributed by atoms with Gasteiger partial charge in [-0.05, 0) is 13.8 Å². The zero-order chi connectivity index (χ0) is 14.2. The fraction of sp³-hybridized carbons (Fsp3) is 0.625. The average molecular weight is 333 g/mol. The summed E-state index contributed by atoms with van der Waals surface area (Å²) >= 11 is 6.36. The van der Waals surface area contributed by atoms with Gasteiger partial charge < -0.3 is 0 Å². The third kappa shape index (κ3) is 3.64. The van der Waals surface area contributed by atoms with Gasteiger partial charge in [-0.1, -0.05) is 22.9 Å². The van der Waals surface area contributed by atoms with Gasteiger partial charge in [0.05, 0.1) is 10.9 Å². The monoisotopic (exact) mass is 332 g/mol. The first kappa shape index (κ1) is 15.8. The van der Waals surface area contributed by atoms with E-state index in [1.54, 1.807) is 0 Å². The van der Waals surface area contributed by atoms with E-state index in [0.717, 1.165) is 23.8 Å². The van der Waals surface area contributed by atoms with Crippen molar-refractivity contribution >= 4 is 42.8 Å². The molecule has 6 nitrogen and oxygen atoms in total. The van der Waals surface area contributed by atoms with Gasteiger partial charge in [-0.15, -0.1) is 0 Å². The van der Waals surface area contributed by atoms with Gasteiger partial charge in [-0.2, -0.15) is 0 Å². The van der Waals surface area contributed by atoms with E-state index in [-0.39, 0.29) is 15.2 Å². The molecule has 0 aromatic carbocycles. The van der Waals surface area contributed by atoms with Crippen molar-refractivity contribution in [2.24, 2.45) is 0 Å². The molecular formula is C8H13ClN2O4S3. The van der Waals surface area contributed by atoms with Crippen molar-refractivity contribution in [1.29, 1.82) is 0 Å². The van der Waals surface area contributed by atoms with Gasteiger partial charge in [-0.25, -0.2) is 26.5 Å². The van der Waals surface area contributed by atoms with E-state index < -0.39 is 24.6 Å². The molecule has 1 heterocycles. The summed E-state index contributed by atoms with van der Waals surface area (Å²) in [5, 5.41) is 0. The van der Waals surface area contributed by atoms with Gasteiger partial charge in [-0.3, -0.25) is 0 Å². The topological polar surface area (TPSA) is 93.2 Å². The van der Waals surface area contributed by atoms with Crippen molar-refractivity contribution in [3.63, 3.8) is 0 Å². The quantitative estimate of drug-likeness (QED) is 0.864. The van der Waals surface area contributed by atoms with Crippen molar-refractivity contribution in [2.75, 3.05) is 12.8 Å². The Bertz CT molecular complexity index is 633. The summed E-state index contributed by atoms with van der Waals surface area (Å²) in [4.78, 5) is 3.62. The number of thiazole rings is 1. The minimum atomic E-state index is -3.78. The number of hydrogen-bond donors (Lipinski definition) is 1. The predicted molar refractivity (Wildman–Crippen MR) is 71.2 cm³/mol. The number of sulfonamides is 1. The molecule has 0 aliphatic rings. The van der Waals surface area contributed by atoms with Crippen molar-refractivity contribution in [3.8, 4) is 0 Å². The van der Waals surface area contributed by atoms with Crippen molar-refractivity contribution in [1.82, 2.24) is 9.71 Å². The number of sulfone groups is 1. The lowest BCUT2D eigenvalue weighted by Crippen LogP contribution is -2.43. The number of nitrogens with one attached hydrogen (secondary N) is 1. The molecule has 1 N–H and O–H groups in total. The normalized spacial score (nSPS) is 13.8. The molecule has 0 radical (unpaired) electrons. The molecular weight excluding hydrogens is 320 g/mol. The molecule has 1 aromatic rings. The second-order valence-corrected chi connectivity index (χ2v) is 10.5. The standard InChI is InChI=1S/C8H13ClN2O4S3/c1-8(2,17(3,12)13)5-11-18(14,15)6-4-10-7(9)16-6/h4,11H,5H2,1-3H3. The molecule has 0 fully saturated rings. The Hall–Kier alpha value is -0.220. The average Bonchev–Trinajstić information content (AvgIpc) is 2.61. The van der Waals surface area contributed by atoms with E-state index in [0.29, 0.717) is 0 Å².